The van der Waals surface area contributed by atoms with Gasteiger partial charge in [0.2, 0.25) is 10.0 Å². The number of hydrogen-bond acceptors (Lipinski definition) is 5. The van der Waals surface area contributed by atoms with Crippen molar-refractivity contribution in [3.05, 3.63) is 46.7 Å². The van der Waals surface area contributed by atoms with Crippen molar-refractivity contribution < 1.29 is 18.0 Å². The number of likely N-dealkylation sites (tertiary alicyclic amines) is 1. The van der Waals surface area contributed by atoms with Crippen molar-refractivity contribution in [2.45, 2.75) is 30.6 Å². The first-order chi connectivity index (χ1) is 15.8. The first-order valence-corrected chi connectivity index (χ1v) is 12.9. The molecule has 0 radical (unpaired) electrons. The van der Waals surface area contributed by atoms with E-state index in [2.05, 4.69) is 10.4 Å². The van der Waals surface area contributed by atoms with Gasteiger partial charge in [0.1, 0.15) is 0 Å². The van der Waals surface area contributed by atoms with Gasteiger partial charge in [-0.1, -0.05) is 11.6 Å². The zero-order chi connectivity index (χ0) is 23.6. The van der Waals surface area contributed by atoms with E-state index in [9.17, 15) is 18.0 Å². The van der Waals surface area contributed by atoms with Gasteiger partial charge >= 0.3 is 0 Å². The van der Waals surface area contributed by atoms with E-state index >= 15 is 0 Å². The van der Waals surface area contributed by atoms with Gasteiger partial charge in [0, 0.05) is 46.0 Å². The van der Waals surface area contributed by atoms with Crippen molar-refractivity contribution in [3.63, 3.8) is 0 Å². The SMILES string of the molecule is Cn1cc(C(=O)NCC2CCN(C(=O)c3cc(S(=O)(=O)N4CCCC4)ccc3Cl)CC2)cn1. The van der Waals surface area contributed by atoms with Crippen LogP contribution in [0, 0.1) is 5.92 Å². The number of carbonyl (C=O) groups is 2. The first kappa shape index (κ1) is 23.7. The predicted molar refractivity (Wildman–Crippen MR) is 124 cm³/mol. The van der Waals surface area contributed by atoms with E-state index in [-0.39, 0.29) is 33.2 Å². The van der Waals surface area contributed by atoms with Crippen molar-refractivity contribution in [3.8, 4) is 0 Å². The molecule has 178 valence electrons. The lowest BCUT2D eigenvalue weighted by Gasteiger charge is -2.32. The van der Waals surface area contributed by atoms with Crippen LogP contribution in [-0.4, -0.2) is 71.9 Å². The minimum absolute atomic E-state index is 0.102. The lowest BCUT2D eigenvalue weighted by atomic mass is 9.96. The predicted octanol–water partition coefficient (Wildman–Crippen LogP) is 2.14. The average molecular weight is 494 g/mol. The maximum Gasteiger partial charge on any atom is 0.255 e. The molecule has 0 unspecified atom stereocenters. The minimum Gasteiger partial charge on any atom is -0.352 e. The highest BCUT2D eigenvalue weighted by Gasteiger charge is 2.30. The maximum absolute atomic E-state index is 13.1. The van der Waals surface area contributed by atoms with Crippen molar-refractivity contribution in [2.75, 3.05) is 32.7 Å². The number of hydrogen-bond donors (Lipinski definition) is 1. The Kier molecular flexibility index (Phi) is 7.06. The number of halogens is 1. The van der Waals surface area contributed by atoms with Crippen molar-refractivity contribution in [1.82, 2.24) is 24.3 Å². The fraction of sp³-hybridized carbons (Fsp3) is 0.500. The van der Waals surface area contributed by atoms with Gasteiger partial charge in [-0.05, 0) is 49.8 Å². The molecule has 1 aromatic heterocycles. The quantitative estimate of drug-likeness (QED) is 0.663. The molecule has 2 amide bonds. The molecule has 0 atom stereocenters. The molecule has 9 nitrogen and oxygen atoms in total. The van der Waals surface area contributed by atoms with Crippen LogP contribution in [0.3, 0.4) is 0 Å². The molecule has 0 aliphatic carbocycles. The van der Waals surface area contributed by atoms with E-state index in [0.29, 0.717) is 38.3 Å². The number of aromatic nitrogens is 2. The molecule has 2 fully saturated rings. The molecule has 2 aliphatic heterocycles. The number of carbonyl (C=O) groups excluding carboxylic acids is 2. The van der Waals surface area contributed by atoms with Crippen LogP contribution in [0.1, 0.15) is 46.4 Å². The molecule has 4 rings (SSSR count). The van der Waals surface area contributed by atoms with Crippen LogP contribution in [-0.2, 0) is 17.1 Å². The van der Waals surface area contributed by atoms with Gasteiger partial charge in [0.25, 0.3) is 11.8 Å². The monoisotopic (exact) mass is 493 g/mol. The molecule has 2 aromatic rings. The topological polar surface area (TPSA) is 105 Å². The van der Waals surface area contributed by atoms with E-state index in [4.69, 9.17) is 11.6 Å². The highest BCUT2D eigenvalue weighted by molar-refractivity contribution is 7.89. The summed E-state index contributed by atoms with van der Waals surface area (Å²) in [5.41, 5.74) is 0.726. The number of nitrogens with zero attached hydrogens (tertiary/aromatic N) is 4. The third-order valence-electron chi connectivity index (χ3n) is 6.29. The maximum atomic E-state index is 13.1. The van der Waals surface area contributed by atoms with Gasteiger partial charge in [0.05, 0.1) is 27.2 Å². The zero-order valence-corrected chi connectivity index (χ0v) is 20.1. The Morgan fingerprint density at radius 1 is 1.15 bits per heavy atom. The molecule has 3 heterocycles. The van der Waals surface area contributed by atoms with Gasteiger partial charge in [-0.25, -0.2) is 8.42 Å². The Labute approximate surface area is 198 Å². The largest absolute Gasteiger partial charge is 0.352 e. The summed E-state index contributed by atoms with van der Waals surface area (Å²) in [5.74, 6) is -0.173. The van der Waals surface area contributed by atoms with Crippen LogP contribution in [0.25, 0.3) is 0 Å². The second-order valence-electron chi connectivity index (χ2n) is 8.60. The molecule has 0 bridgehead atoms. The number of aryl methyl sites for hydroxylation is 1. The first-order valence-electron chi connectivity index (χ1n) is 11.1. The summed E-state index contributed by atoms with van der Waals surface area (Å²) >= 11 is 6.28. The van der Waals surface area contributed by atoms with Gasteiger partial charge < -0.3 is 10.2 Å². The van der Waals surface area contributed by atoms with E-state index < -0.39 is 10.0 Å². The standard InChI is InChI=1S/C22H28ClN5O4S/c1-26-15-17(14-25-26)21(29)24-13-16-6-10-27(11-7-16)22(30)19-12-18(4-5-20(19)23)33(31,32)28-8-2-3-9-28/h4-5,12,14-16H,2-3,6-11,13H2,1H3,(H,24,29). The Bertz CT molecular complexity index is 1140. The zero-order valence-electron chi connectivity index (χ0n) is 18.5. The highest BCUT2D eigenvalue weighted by Crippen LogP contribution is 2.27. The van der Waals surface area contributed by atoms with Crippen LogP contribution in [0.2, 0.25) is 5.02 Å². The van der Waals surface area contributed by atoms with E-state index in [1.54, 1.807) is 22.8 Å². The summed E-state index contributed by atoms with van der Waals surface area (Å²) in [6.45, 7) is 2.57. The number of benzene rings is 1. The molecule has 0 spiro atoms. The van der Waals surface area contributed by atoms with Crippen LogP contribution in [0.5, 0.6) is 0 Å². The third-order valence-corrected chi connectivity index (χ3v) is 8.52. The normalized spacial score (nSPS) is 17.9. The van der Waals surface area contributed by atoms with E-state index in [1.165, 1.54) is 28.7 Å². The van der Waals surface area contributed by atoms with E-state index in [1.807, 2.05) is 0 Å². The second kappa shape index (κ2) is 9.82. The number of sulfonamides is 1. The molecule has 11 heteroatoms. The molecule has 1 aromatic carbocycles. The summed E-state index contributed by atoms with van der Waals surface area (Å²) in [6, 6.07) is 4.35. The summed E-state index contributed by atoms with van der Waals surface area (Å²) in [5, 5.41) is 7.17. The molecular weight excluding hydrogens is 466 g/mol. The average Bonchev–Trinajstić information content (AvgIpc) is 3.50. The summed E-state index contributed by atoms with van der Waals surface area (Å²) < 4.78 is 28.8. The lowest BCUT2D eigenvalue weighted by Crippen LogP contribution is -2.41. The Hall–Kier alpha value is -2.43. The Balaban J connectivity index is 1.36. The van der Waals surface area contributed by atoms with Crippen molar-refractivity contribution >= 4 is 33.4 Å². The van der Waals surface area contributed by atoms with Gasteiger partial charge in [-0.15, -0.1) is 0 Å². The summed E-state index contributed by atoms with van der Waals surface area (Å²) in [6.07, 6.45) is 6.36. The number of rotatable bonds is 6. The second-order valence-corrected chi connectivity index (χ2v) is 10.9. The summed E-state index contributed by atoms with van der Waals surface area (Å²) in [4.78, 5) is 27.1. The fourth-order valence-electron chi connectivity index (χ4n) is 4.29. The smallest absolute Gasteiger partial charge is 0.255 e. The molecule has 0 saturated carbocycles. The Morgan fingerprint density at radius 3 is 2.48 bits per heavy atom. The number of amides is 2. The molecule has 1 N–H and O–H groups in total. The van der Waals surface area contributed by atoms with Crippen LogP contribution >= 0.6 is 11.6 Å². The molecule has 33 heavy (non-hydrogen) atoms. The minimum atomic E-state index is -3.63. The lowest BCUT2D eigenvalue weighted by molar-refractivity contribution is 0.0684. The van der Waals surface area contributed by atoms with Crippen LogP contribution < -0.4 is 5.32 Å². The van der Waals surface area contributed by atoms with Gasteiger partial charge in [-0.3, -0.25) is 14.3 Å². The molecule has 2 saturated heterocycles. The summed E-state index contributed by atoms with van der Waals surface area (Å²) in [7, 11) is -1.87. The highest BCUT2D eigenvalue weighted by atomic mass is 35.5. The van der Waals surface area contributed by atoms with Crippen LogP contribution in [0.4, 0.5) is 0 Å². The van der Waals surface area contributed by atoms with E-state index in [0.717, 1.165) is 25.7 Å². The molecular formula is C22H28ClN5O4S. The van der Waals surface area contributed by atoms with Crippen LogP contribution in [0.15, 0.2) is 35.5 Å². The van der Waals surface area contributed by atoms with Crippen molar-refractivity contribution in [2.24, 2.45) is 13.0 Å². The number of piperidine rings is 1. The number of nitrogens with one attached hydrogen (secondary N) is 1. The molecule has 2 aliphatic rings. The van der Waals surface area contributed by atoms with Gasteiger partial charge in [0.15, 0.2) is 0 Å². The Morgan fingerprint density at radius 2 is 1.85 bits per heavy atom. The third kappa shape index (κ3) is 5.23. The van der Waals surface area contributed by atoms with Gasteiger partial charge in [-0.2, -0.15) is 9.40 Å². The van der Waals surface area contributed by atoms with Crippen molar-refractivity contribution in [1.29, 1.82) is 0 Å². The fourth-order valence-corrected chi connectivity index (χ4v) is 6.04.